The summed E-state index contributed by atoms with van der Waals surface area (Å²) in [7, 11) is 0. The van der Waals surface area contributed by atoms with Gasteiger partial charge in [-0.25, -0.2) is 0 Å². The normalized spacial score (nSPS) is 11.5. The molecule has 1 nitrogen and oxygen atoms in total. The van der Waals surface area contributed by atoms with Crippen molar-refractivity contribution in [3.63, 3.8) is 0 Å². The number of carbonyl (C=O) groups is 1. The Hall–Kier alpha value is -0.890. The van der Waals surface area contributed by atoms with Gasteiger partial charge in [0.2, 0.25) is 0 Å². The maximum Gasteiger partial charge on any atom is 0.152 e. The first-order chi connectivity index (χ1) is 6.11. The van der Waals surface area contributed by atoms with Crippen LogP contribution in [0.25, 0.3) is 5.57 Å². The molecule has 0 unspecified atom stereocenters. The maximum atomic E-state index is 10.8. The van der Waals surface area contributed by atoms with Crippen molar-refractivity contribution >= 4 is 27.3 Å². The summed E-state index contributed by atoms with van der Waals surface area (Å²) in [6.07, 6.45) is 1.64. The summed E-state index contributed by atoms with van der Waals surface area (Å²) in [6, 6.07) is 7.86. The van der Waals surface area contributed by atoms with Gasteiger partial charge in [0.05, 0.1) is 0 Å². The third kappa shape index (κ3) is 2.81. The monoisotopic (exact) mass is 238 g/mol. The highest BCUT2D eigenvalue weighted by molar-refractivity contribution is 9.10. The van der Waals surface area contributed by atoms with Gasteiger partial charge in [-0.05, 0) is 37.1 Å². The van der Waals surface area contributed by atoms with Crippen LogP contribution in [0.5, 0.6) is 0 Å². The van der Waals surface area contributed by atoms with Crippen LogP contribution < -0.4 is 0 Å². The van der Waals surface area contributed by atoms with Crippen LogP contribution in [0.15, 0.2) is 34.8 Å². The van der Waals surface area contributed by atoms with Gasteiger partial charge in [-0.3, -0.25) is 4.79 Å². The molecular formula is C11H11BrO. The fourth-order valence-electron chi connectivity index (χ4n) is 1.16. The van der Waals surface area contributed by atoms with Crippen LogP contribution in [-0.4, -0.2) is 5.78 Å². The summed E-state index contributed by atoms with van der Waals surface area (Å²) in [5, 5.41) is 0. The van der Waals surface area contributed by atoms with E-state index in [9.17, 15) is 4.79 Å². The van der Waals surface area contributed by atoms with Gasteiger partial charge in [0, 0.05) is 4.47 Å². The molecular weight excluding hydrogens is 228 g/mol. The zero-order valence-corrected chi connectivity index (χ0v) is 9.26. The second-order valence-electron chi connectivity index (χ2n) is 2.92. The van der Waals surface area contributed by atoms with Gasteiger partial charge in [0.1, 0.15) is 0 Å². The molecule has 0 atom stereocenters. The van der Waals surface area contributed by atoms with Crippen LogP contribution in [0.3, 0.4) is 0 Å². The average molecular weight is 239 g/mol. The van der Waals surface area contributed by atoms with Crippen molar-refractivity contribution in [2.75, 3.05) is 0 Å². The fourth-order valence-corrected chi connectivity index (χ4v) is 1.76. The predicted octanol–water partition coefficient (Wildman–Crippen LogP) is 3.44. The quantitative estimate of drug-likeness (QED) is 0.722. The largest absolute Gasteiger partial charge is 0.295 e. The minimum absolute atomic E-state index is 0.0771. The van der Waals surface area contributed by atoms with E-state index in [1.165, 1.54) is 0 Å². The van der Waals surface area contributed by atoms with Crippen LogP contribution >= 0.6 is 15.9 Å². The first kappa shape index (κ1) is 10.2. The molecule has 1 aromatic carbocycles. The number of ketones is 1. The summed E-state index contributed by atoms with van der Waals surface area (Å²) in [4.78, 5) is 10.8. The van der Waals surface area contributed by atoms with Crippen molar-refractivity contribution in [2.45, 2.75) is 13.8 Å². The molecule has 0 heterocycles. The van der Waals surface area contributed by atoms with E-state index in [4.69, 9.17) is 0 Å². The van der Waals surface area contributed by atoms with Crippen molar-refractivity contribution in [1.29, 1.82) is 0 Å². The summed E-state index contributed by atoms with van der Waals surface area (Å²) in [5.41, 5.74) is 2.05. The molecule has 0 radical (unpaired) electrons. The number of rotatable bonds is 2. The third-order valence-corrected chi connectivity index (χ3v) is 2.41. The molecule has 0 aliphatic carbocycles. The number of carbonyl (C=O) groups excluding carboxylic acids is 1. The zero-order chi connectivity index (χ0) is 9.84. The summed E-state index contributed by atoms with van der Waals surface area (Å²) in [5.74, 6) is 0.0771. The minimum atomic E-state index is 0.0771. The molecule has 0 aliphatic heterocycles. The number of halogens is 1. The molecule has 68 valence electrons. The molecule has 1 rings (SSSR count). The molecule has 2 heteroatoms. The van der Waals surface area contributed by atoms with Gasteiger partial charge < -0.3 is 0 Å². The molecule has 0 spiro atoms. The van der Waals surface area contributed by atoms with Crippen molar-refractivity contribution < 1.29 is 4.79 Å². The van der Waals surface area contributed by atoms with E-state index >= 15 is 0 Å². The Bertz CT molecular complexity index is 353. The number of hydrogen-bond acceptors (Lipinski definition) is 1. The maximum absolute atomic E-state index is 10.8. The lowest BCUT2D eigenvalue weighted by Crippen LogP contribution is -1.86. The molecule has 0 saturated heterocycles. The summed E-state index contributed by atoms with van der Waals surface area (Å²) < 4.78 is 1.02. The Morgan fingerprint density at radius 2 is 1.92 bits per heavy atom. The summed E-state index contributed by atoms with van der Waals surface area (Å²) in [6.45, 7) is 3.49. The van der Waals surface area contributed by atoms with E-state index in [-0.39, 0.29) is 5.78 Å². The lowest BCUT2D eigenvalue weighted by Gasteiger charge is -2.02. The highest BCUT2D eigenvalue weighted by atomic mass is 79.9. The smallest absolute Gasteiger partial charge is 0.152 e. The Morgan fingerprint density at radius 3 is 2.46 bits per heavy atom. The zero-order valence-electron chi connectivity index (χ0n) is 7.67. The van der Waals surface area contributed by atoms with Crippen LogP contribution in [-0.2, 0) is 4.79 Å². The topological polar surface area (TPSA) is 17.1 Å². The van der Waals surface area contributed by atoms with Gasteiger partial charge in [-0.15, -0.1) is 0 Å². The van der Waals surface area contributed by atoms with E-state index in [1.807, 2.05) is 31.2 Å². The number of allylic oxidation sites excluding steroid dienone is 2. The second kappa shape index (κ2) is 4.38. The van der Waals surface area contributed by atoms with Crippen molar-refractivity contribution in [3.8, 4) is 0 Å². The van der Waals surface area contributed by atoms with Crippen LogP contribution in [0.1, 0.15) is 19.4 Å². The van der Waals surface area contributed by atoms with Gasteiger partial charge in [-0.1, -0.05) is 34.1 Å². The van der Waals surface area contributed by atoms with Gasteiger partial charge in [-0.2, -0.15) is 0 Å². The predicted molar refractivity (Wildman–Crippen MR) is 58.5 cm³/mol. The summed E-state index contributed by atoms with van der Waals surface area (Å²) >= 11 is 3.43. The number of benzene rings is 1. The molecule has 0 aromatic heterocycles. The molecule has 0 saturated carbocycles. The highest BCUT2D eigenvalue weighted by Crippen LogP contribution is 2.23. The van der Waals surface area contributed by atoms with Gasteiger partial charge in [0.15, 0.2) is 5.78 Å². The standard InChI is InChI=1S/C11H11BrO/c1-8(7-9(2)13)10-5-3-4-6-11(10)12/h3-7H,1-2H3/b8-7+. The lowest BCUT2D eigenvalue weighted by molar-refractivity contribution is -0.112. The fraction of sp³-hybridized carbons (Fsp3) is 0.182. The van der Waals surface area contributed by atoms with Crippen LogP contribution in [0.4, 0.5) is 0 Å². The van der Waals surface area contributed by atoms with Crippen molar-refractivity contribution in [3.05, 3.63) is 40.4 Å². The van der Waals surface area contributed by atoms with E-state index < -0.39 is 0 Å². The number of hydrogen-bond donors (Lipinski definition) is 0. The van der Waals surface area contributed by atoms with E-state index in [1.54, 1.807) is 13.0 Å². The second-order valence-corrected chi connectivity index (χ2v) is 3.77. The van der Waals surface area contributed by atoms with Gasteiger partial charge in [0.25, 0.3) is 0 Å². The molecule has 1 aromatic rings. The van der Waals surface area contributed by atoms with Crippen LogP contribution in [0, 0.1) is 0 Å². The molecule has 0 aliphatic rings. The first-order valence-electron chi connectivity index (χ1n) is 4.05. The highest BCUT2D eigenvalue weighted by Gasteiger charge is 2.00. The molecule has 0 fully saturated rings. The van der Waals surface area contributed by atoms with Crippen LogP contribution in [0.2, 0.25) is 0 Å². The van der Waals surface area contributed by atoms with E-state index in [2.05, 4.69) is 15.9 Å². The van der Waals surface area contributed by atoms with E-state index in [0.29, 0.717) is 0 Å². The lowest BCUT2D eigenvalue weighted by atomic mass is 10.1. The minimum Gasteiger partial charge on any atom is -0.295 e. The van der Waals surface area contributed by atoms with E-state index in [0.717, 1.165) is 15.6 Å². The average Bonchev–Trinajstić information content (AvgIpc) is 2.03. The van der Waals surface area contributed by atoms with Gasteiger partial charge >= 0.3 is 0 Å². The Labute approximate surface area is 86.6 Å². The molecule has 0 N–H and O–H groups in total. The Morgan fingerprint density at radius 1 is 1.31 bits per heavy atom. The Kier molecular flexibility index (Phi) is 3.43. The Balaban J connectivity index is 3.08. The SMILES string of the molecule is CC(=O)/C=C(\C)c1ccccc1Br. The van der Waals surface area contributed by atoms with Crippen molar-refractivity contribution in [1.82, 2.24) is 0 Å². The van der Waals surface area contributed by atoms with Crippen molar-refractivity contribution in [2.24, 2.45) is 0 Å². The first-order valence-corrected chi connectivity index (χ1v) is 4.84. The third-order valence-electron chi connectivity index (χ3n) is 1.72. The molecule has 0 amide bonds. The molecule has 0 bridgehead atoms. The molecule has 13 heavy (non-hydrogen) atoms.